The van der Waals surface area contributed by atoms with Crippen LogP contribution in [-0.4, -0.2) is 12.1 Å². The summed E-state index contributed by atoms with van der Waals surface area (Å²) in [5.74, 6) is -0.549. The molecule has 0 radical (unpaired) electrons. The molecule has 1 heterocycles. The van der Waals surface area contributed by atoms with Crippen molar-refractivity contribution in [2.45, 2.75) is 12.6 Å². The smallest absolute Gasteiger partial charge is 0.408 e. The summed E-state index contributed by atoms with van der Waals surface area (Å²) in [7, 11) is 0. The average molecular weight is 479 g/mol. The Morgan fingerprint density at radius 2 is 1.44 bits per heavy atom. The summed E-state index contributed by atoms with van der Waals surface area (Å²) in [4.78, 5) is 38.0. The number of alkyl carbamates (subject to hydrolysis) is 1. The third-order valence-electron chi connectivity index (χ3n) is 5.65. The van der Waals surface area contributed by atoms with E-state index in [9.17, 15) is 14.4 Å². The number of ether oxygens (including phenoxy) is 2. The van der Waals surface area contributed by atoms with Crippen molar-refractivity contribution in [2.75, 3.05) is 0 Å². The Kier molecular flexibility index (Phi) is 6.44. The van der Waals surface area contributed by atoms with Gasteiger partial charge in [0.05, 0.1) is 5.39 Å². The Bertz CT molecular complexity index is 1590. The lowest BCUT2D eigenvalue weighted by atomic mass is 10.1. The maximum atomic E-state index is 13.2. The molecule has 0 fully saturated rings. The third kappa shape index (κ3) is 4.95. The summed E-state index contributed by atoms with van der Waals surface area (Å²) in [5, 5.41) is 4.51. The fourth-order valence-electron chi connectivity index (χ4n) is 3.91. The van der Waals surface area contributed by atoms with Gasteiger partial charge in [-0.3, -0.25) is 0 Å². The molecule has 0 aliphatic rings. The molecule has 7 nitrogen and oxygen atoms in total. The second kappa shape index (κ2) is 10.1. The van der Waals surface area contributed by atoms with Gasteiger partial charge in [0, 0.05) is 11.5 Å². The fourth-order valence-corrected chi connectivity index (χ4v) is 3.91. The second-order valence-electron chi connectivity index (χ2n) is 8.06. The van der Waals surface area contributed by atoms with E-state index in [1.165, 1.54) is 6.07 Å². The van der Waals surface area contributed by atoms with Crippen molar-refractivity contribution in [3.8, 4) is 5.75 Å². The first-order valence-electron chi connectivity index (χ1n) is 11.3. The van der Waals surface area contributed by atoms with Gasteiger partial charge in [0.2, 0.25) is 0 Å². The van der Waals surface area contributed by atoms with Crippen LogP contribution in [0.1, 0.15) is 17.2 Å². The third-order valence-corrected chi connectivity index (χ3v) is 5.65. The van der Waals surface area contributed by atoms with Gasteiger partial charge in [-0.15, -0.1) is 0 Å². The van der Waals surface area contributed by atoms with Gasteiger partial charge in [-0.25, -0.2) is 14.4 Å². The number of amides is 1. The normalized spacial score (nSPS) is 11.7. The predicted octanol–water partition coefficient (Wildman–Crippen LogP) is 5.52. The van der Waals surface area contributed by atoms with Crippen LogP contribution in [0.15, 0.2) is 112 Å². The van der Waals surface area contributed by atoms with Crippen molar-refractivity contribution in [1.29, 1.82) is 0 Å². The summed E-state index contributed by atoms with van der Waals surface area (Å²) in [5.41, 5.74) is 1.15. The van der Waals surface area contributed by atoms with Gasteiger partial charge in [0.15, 0.2) is 6.04 Å². The molecule has 1 N–H and O–H groups in total. The van der Waals surface area contributed by atoms with Gasteiger partial charge >= 0.3 is 17.7 Å². The zero-order chi connectivity index (χ0) is 24.9. The Morgan fingerprint density at radius 1 is 0.778 bits per heavy atom. The van der Waals surface area contributed by atoms with Crippen molar-refractivity contribution in [3.05, 3.63) is 125 Å². The molecule has 1 unspecified atom stereocenters. The first-order valence-corrected chi connectivity index (χ1v) is 11.3. The molecular formula is C29H21NO6. The van der Waals surface area contributed by atoms with Crippen LogP contribution in [0.4, 0.5) is 4.79 Å². The van der Waals surface area contributed by atoms with E-state index >= 15 is 0 Å². The number of carbonyl (C=O) groups excluding carboxylic acids is 2. The number of fused-ring (bicyclic) bond motifs is 3. The second-order valence-corrected chi connectivity index (χ2v) is 8.06. The van der Waals surface area contributed by atoms with E-state index in [0.717, 1.165) is 10.9 Å². The first kappa shape index (κ1) is 22.9. The van der Waals surface area contributed by atoms with Crippen LogP contribution in [0.25, 0.3) is 21.7 Å². The molecule has 4 aromatic carbocycles. The minimum atomic E-state index is -1.12. The van der Waals surface area contributed by atoms with Crippen molar-refractivity contribution in [1.82, 2.24) is 5.32 Å². The van der Waals surface area contributed by atoms with Crippen LogP contribution in [-0.2, 0) is 16.1 Å². The Labute approximate surface area is 205 Å². The van der Waals surface area contributed by atoms with Crippen LogP contribution in [0.3, 0.4) is 0 Å². The first-order chi connectivity index (χ1) is 17.6. The maximum Gasteiger partial charge on any atom is 0.408 e. The van der Waals surface area contributed by atoms with Crippen molar-refractivity contribution in [2.24, 2.45) is 0 Å². The summed E-state index contributed by atoms with van der Waals surface area (Å²) < 4.78 is 16.3. The summed E-state index contributed by atoms with van der Waals surface area (Å²) >= 11 is 0. The quantitative estimate of drug-likeness (QED) is 0.149. The van der Waals surface area contributed by atoms with Gasteiger partial charge < -0.3 is 19.2 Å². The Morgan fingerprint density at radius 3 is 2.19 bits per heavy atom. The predicted molar refractivity (Wildman–Crippen MR) is 135 cm³/mol. The molecular weight excluding hydrogens is 458 g/mol. The largest absolute Gasteiger partial charge is 0.445 e. The van der Waals surface area contributed by atoms with Gasteiger partial charge in [0.25, 0.3) is 0 Å². The zero-order valence-corrected chi connectivity index (χ0v) is 19.0. The highest BCUT2D eigenvalue weighted by molar-refractivity contribution is 6.04. The summed E-state index contributed by atoms with van der Waals surface area (Å²) in [6, 6.07) is 28.8. The SMILES string of the molecule is O=C(NC(C(=O)Oc1ccc2c(c1)oc(=O)c1ccccc12)c1ccccc1)OCc1ccccc1. The van der Waals surface area contributed by atoms with Gasteiger partial charge in [0.1, 0.15) is 17.9 Å². The van der Waals surface area contributed by atoms with Crippen molar-refractivity contribution in [3.63, 3.8) is 0 Å². The highest BCUT2D eigenvalue weighted by Gasteiger charge is 2.26. The van der Waals surface area contributed by atoms with E-state index in [4.69, 9.17) is 13.9 Å². The van der Waals surface area contributed by atoms with Crippen LogP contribution >= 0.6 is 0 Å². The molecule has 7 heteroatoms. The molecule has 36 heavy (non-hydrogen) atoms. The van der Waals surface area contributed by atoms with Crippen LogP contribution < -0.4 is 15.7 Å². The van der Waals surface area contributed by atoms with E-state index in [0.29, 0.717) is 16.3 Å². The molecule has 1 amide bonds. The average Bonchev–Trinajstić information content (AvgIpc) is 2.91. The van der Waals surface area contributed by atoms with E-state index in [1.807, 2.05) is 42.5 Å². The number of hydrogen-bond acceptors (Lipinski definition) is 6. The number of nitrogens with one attached hydrogen (secondary N) is 1. The van der Waals surface area contributed by atoms with Crippen LogP contribution in [0.5, 0.6) is 5.75 Å². The number of rotatable bonds is 6. The molecule has 0 saturated carbocycles. The molecule has 5 rings (SSSR count). The molecule has 178 valence electrons. The molecule has 0 saturated heterocycles. The number of carbonyl (C=O) groups is 2. The minimum Gasteiger partial charge on any atom is -0.445 e. The van der Waals surface area contributed by atoms with Crippen LogP contribution in [0.2, 0.25) is 0 Å². The summed E-state index contributed by atoms with van der Waals surface area (Å²) in [6.45, 7) is 0.0564. The fraction of sp³-hybridized carbons (Fsp3) is 0.0690. The van der Waals surface area contributed by atoms with Crippen LogP contribution in [0, 0.1) is 0 Å². The monoisotopic (exact) mass is 479 g/mol. The van der Waals surface area contributed by atoms with E-state index in [2.05, 4.69) is 5.32 Å². The highest BCUT2D eigenvalue weighted by Crippen LogP contribution is 2.27. The topological polar surface area (TPSA) is 94.8 Å². The number of hydrogen-bond donors (Lipinski definition) is 1. The summed E-state index contributed by atoms with van der Waals surface area (Å²) in [6.07, 6.45) is -0.763. The molecule has 0 spiro atoms. The van der Waals surface area contributed by atoms with Gasteiger partial charge in [-0.1, -0.05) is 78.9 Å². The standard InChI is InChI=1S/C29H21NO6/c31-27-24-14-8-7-13-22(24)23-16-15-21(17-25(23)36-27)35-28(32)26(20-11-5-2-6-12-20)30-29(33)34-18-19-9-3-1-4-10-19/h1-17,26H,18H2,(H,30,33). The number of esters is 1. The zero-order valence-electron chi connectivity index (χ0n) is 19.0. The molecule has 1 atom stereocenters. The van der Waals surface area contributed by atoms with Crippen molar-refractivity contribution >= 4 is 33.8 Å². The Balaban J connectivity index is 1.37. The molecule has 5 aromatic rings. The molecule has 0 aliphatic carbocycles. The van der Waals surface area contributed by atoms with Gasteiger partial charge in [-0.05, 0) is 34.7 Å². The molecule has 0 aliphatic heterocycles. The lowest BCUT2D eigenvalue weighted by Gasteiger charge is -2.18. The van der Waals surface area contributed by atoms with E-state index in [1.54, 1.807) is 54.6 Å². The minimum absolute atomic E-state index is 0.0564. The van der Waals surface area contributed by atoms with Crippen molar-refractivity contribution < 1.29 is 23.5 Å². The molecule has 1 aromatic heterocycles. The maximum absolute atomic E-state index is 13.2. The Hall–Kier alpha value is -4.91. The lowest BCUT2D eigenvalue weighted by Crippen LogP contribution is -2.36. The van der Waals surface area contributed by atoms with E-state index < -0.39 is 23.7 Å². The van der Waals surface area contributed by atoms with Gasteiger partial charge in [-0.2, -0.15) is 0 Å². The highest BCUT2D eigenvalue weighted by atomic mass is 16.6. The molecule has 0 bridgehead atoms. The number of benzene rings is 4. The van der Waals surface area contributed by atoms with E-state index in [-0.39, 0.29) is 17.9 Å². The lowest BCUT2D eigenvalue weighted by molar-refractivity contribution is -0.136.